The van der Waals surface area contributed by atoms with Crippen LogP contribution in [0.2, 0.25) is 0 Å². The monoisotopic (exact) mass is 466 g/mol. The second-order valence-corrected chi connectivity index (χ2v) is 8.82. The van der Waals surface area contributed by atoms with Crippen molar-refractivity contribution in [2.24, 2.45) is 10.7 Å². The predicted molar refractivity (Wildman–Crippen MR) is 121 cm³/mol. The lowest BCUT2D eigenvalue weighted by atomic mass is 10.0. The summed E-state index contributed by atoms with van der Waals surface area (Å²) in [5, 5.41) is 16.2. The van der Waals surface area contributed by atoms with E-state index in [9.17, 15) is 4.39 Å². The maximum Gasteiger partial charge on any atom is 0.199 e. The molecule has 2 atom stereocenters. The largest absolute Gasteiger partial charge is 0.382 e. The third-order valence-corrected chi connectivity index (χ3v) is 6.61. The minimum Gasteiger partial charge on any atom is -0.382 e. The molecular formula is C20H25Cl2FN8. The maximum absolute atomic E-state index is 14.1. The van der Waals surface area contributed by atoms with Crippen molar-refractivity contribution < 1.29 is 4.39 Å². The van der Waals surface area contributed by atoms with Crippen molar-refractivity contribution >= 4 is 34.7 Å². The number of hydrogen-bond donors (Lipinski definition) is 3. The molecule has 3 heterocycles. The SMILES string of the molecule is CN1CC[C@@H](c2nc(C(=N)/C=C3\C(N)=NCCN3CC3=C(Cl)C(F)CC=C3Cl)n[nH]2)C1. The highest BCUT2D eigenvalue weighted by molar-refractivity contribution is 6.36. The summed E-state index contributed by atoms with van der Waals surface area (Å²) in [6.45, 7) is 3.23. The van der Waals surface area contributed by atoms with Gasteiger partial charge in [0.05, 0.1) is 17.3 Å². The van der Waals surface area contributed by atoms with Crippen molar-refractivity contribution in [1.29, 1.82) is 5.41 Å². The zero-order chi connectivity index (χ0) is 22.1. The number of aromatic amines is 1. The fourth-order valence-electron chi connectivity index (χ4n) is 4.00. The smallest absolute Gasteiger partial charge is 0.199 e. The first kappa shape index (κ1) is 22.0. The van der Waals surface area contributed by atoms with Gasteiger partial charge in [-0.15, -0.1) is 0 Å². The Morgan fingerprint density at radius 1 is 1.42 bits per heavy atom. The van der Waals surface area contributed by atoms with E-state index in [4.69, 9.17) is 34.3 Å². The highest BCUT2D eigenvalue weighted by Gasteiger charge is 2.28. The number of nitrogens with zero attached hydrogens (tertiary/aromatic N) is 5. The molecule has 2 aliphatic heterocycles. The van der Waals surface area contributed by atoms with Crippen LogP contribution in [0.3, 0.4) is 0 Å². The van der Waals surface area contributed by atoms with Crippen molar-refractivity contribution in [3.63, 3.8) is 0 Å². The second kappa shape index (κ2) is 9.10. The number of nitrogens with one attached hydrogen (secondary N) is 2. The molecule has 1 aromatic rings. The van der Waals surface area contributed by atoms with Crippen molar-refractivity contribution in [3.05, 3.63) is 45.1 Å². The molecule has 0 bridgehead atoms. The van der Waals surface area contributed by atoms with E-state index in [-0.39, 0.29) is 29.6 Å². The number of allylic oxidation sites excluding steroid dienone is 3. The Labute approximate surface area is 190 Å². The summed E-state index contributed by atoms with van der Waals surface area (Å²) < 4.78 is 14.1. The molecule has 0 spiro atoms. The molecule has 0 saturated carbocycles. The summed E-state index contributed by atoms with van der Waals surface area (Å²) in [5.74, 6) is 1.67. The maximum atomic E-state index is 14.1. The van der Waals surface area contributed by atoms with E-state index < -0.39 is 6.17 Å². The number of amidine groups is 1. The number of halogens is 3. The first-order valence-electron chi connectivity index (χ1n) is 10.2. The molecule has 0 radical (unpaired) electrons. The van der Waals surface area contributed by atoms with Crippen LogP contribution in [0.5, 0.6) is 0 Å². The van der Waals surface area contributed by atoms with Crippen molar-refractivity contribution in [3.8, 4) is 0 Å². The number of alkyl halides is 1. The van der Waals surface area contributed by atoms with Crippen LogP contribution in [0.15, 0.2) is 38.5 Å². The zero-order valence-corrected chi connectivity index (χ0v) is 18.7. The summed E-state index contributed by atoms with van der Waals surface area (Å²) >= 11 is 12.5. The number of H-pyrrole nitrogens is 1. The van der Waals surface area contributed by atoms with Crippen LogP contribution in [0.4, 0.5) is 4.39 Å². The number of likely N-dealkylation sites (N-methyl/N-ethyl adjacent to an activating group) is 1. The fraction of sp³-hybridized carbons (Fsp3) is 0.500. The third-order valence-electron chi connectivity index (χ3n) is 5.76. The molecule has 1 saturated heterocycles. The fourth-order valence-corrected chi connectivity index (χ4v) is 4.55. The number of aromatic nitrogens is 3. The highest BCUT2D eigenvalue weighted by Crippen LogP contribution is 2.33. The van der Waals surface area contributed by atoms with E-state index in [1.807, 2.05) is 4.90 Å². The standard InChI is InChI=1S/C20H25Cl2FN8/c1-30-6-4-11(9-30)19-27-20(29-28-19)15(24)8-16-18(25)26-5-7-31(16)10-12-13(21)2-3-14(23)17(12)22/h2,8,11,14,24H,3-7,9-10H2,1H3,(H2,25,26)(H,27,28,29)/b16-8+,24-15?/t11-,14?/m1/s1. The van der Waals surface area contributed by atoms with Crippen LogP contribution in [0.1, 0.15) is 30.4 Å². The van der Waals surface area contributed by atoms with Crippen LogP contribution in [0.25, 0.3) is 0 Å². The Morgan fingerprint density at radius 3 is 2.97 bits per heavy atom. The first-order chi connectivity index (χ1) is 14.8. The van der Waals surface area contributed by atoms with Crippen LogP contribution >= 0.6 is 23.2 Å². The molecule has 1 aliphatic carbocycles. The summed E-state index contributed by atoms with van der Waals surface area (Å²) in [6.07, 6.45) is 3.14. The minimum atomic E-state index is -1.26. The Balaban J connectivity index is 1.55. The lowest BCUT2D eigenvalue weighted by Gasteiger charge is -2.32. The summed E-state index contributed by atoms with van der Waals surface area (Å²) in [7, 11) is 2.07. The minimum absolute atomic E-state index is 0.114. The van der Waals surface area contributed by atoms with Gasteiger partial charge in [-0.25, -0.2) is 9.37 Å². The average molecular weight is 467 g/mol. The van der Waals surface area contributed by atoms with Gasteiger partial charge in [-0.05, 0) is 26.1 Å². The summed E-state index contributed by atoms with van der Waals surface area (Å²) in [5.41, 5.74) is 7.32. The van der Waals surface area contributed by atoms with E-state index in [2.05, 4.69) is 32.1 Å². The Kier molecular flexibility index (Phi) is 6.45. The van der Waals surface area contributed by atoms with E-state index in [1.54, 1.807) is 12.2 Å². The molecular weight excluding hydrogens is 442 g/mol. The lowest BCUT2D eigenvalue weighted by molar-refractivity contribution is 0.371. The molecule has 166 valence electrons. The molecule has 1 fully saturated rings. The predicted octanol–water partition coefficient (Wildman–Crippen LogP) is 2.51. The molecule has 8 nitrogen and oxygen atoms in total. The molecule has 0 amide bonds. The second-order valence-electron chi connectivity index (χ2n) is 8.01. The first-order valence-corrected chi connectivity index (χ1v) is 10.9. The van der Waals surface area contributed by atoms with Crippen LogP contribution in [0, 0.1) is 5.41 Å². The van der Waals surface area contributed by atoms with Gasteiger partial charge >= 0.3 is 0 Å². The van der Waals surface area contributed by atoms with Crippen LogP contribution < -0.4 is 5.73 Å². The Bertz CT molecular complexity index is 995. The van der Waals surface area contributed by atoms with Gasteiger partial charge in [0.2, 0.25) is 0 Å². The van der Waals surface area contributed by atoms with Crippen LogP contribution in [-0.4, -0.2) is 82.5 Å². The number of rotatable bonds is 5. The van der Waals surface area contributed by atoms with Crippen molar-refractivity contribution in [1.82, 2.24) is 25.0 Å². The van der Waals surface area contributed by atoms with E-state index in [0.717, 1.165) is 25.3 Å². The molecule has 3 aliphatic rings. The van der Waals surface area contributed by atoms with Crippen molar-refractivity contribution in [2.75, 3.05) is 39.8 Å². The van der Waals surface area contributed by atoms with Gasteiger partial charge in [-0.2, -0.15) is 5.10 Å². The van der Waals surface area contributed by atoms with Gasteiger partial charge in [0.15, 0.2) is 5.82 Å². The van der Waals surface area contributed by atoms with Gasteiger partial charge in [-0.1, -0.05) is 29.3 Å². The normalized spacial score (nSPS) is 26.5. The topological polar surface area (TPSA) is 110 Å². The van der Waals surface area contributed by atoms with Crippen molar-refractivity contribution in [2.45, 2.75) is 24.9 Å². The number of hydrogen-bond acceptors (Lipinski definition) is 7. The summed E-state index contributed by atoms with van der Waals surface area (Å²) in [6, 6.07) is 0. The average Bonchev–Trinajstić information content (AvgIpc) is 3.39. The molecule has 4 rings (SSSR count). The zero-order valence-electron chi connectivity index (χ0n) is 17.2. The summed E-state index contributed by atoms with van der Waals surface area (Å²) in [4.78, 5) is 13.0. The number of likely N-dealkylation sites (tertiary alicyclic amines) is 1. The van der Waals surface area contributed by atoms with Gasteiger partial charge in [0.25, 0.3) is 0 Å². The molecule has 1 aromatic heterocycles. The van der Waals surface area contributed by atoms with Gasteiger partial charge in [-0.3, -0.25) is 15.5 Å². The van der Waals surface area contributed by atoms with E-state index in [0.29, 0.717) is 41.1 Å². The van der Waals surface area contributed by atoms with Gasteiger partial charge < -0.3 is 15.5 Å². The van der Waals surface area contributed by atoms with Crippen LogP contribution in [-0.2, 0) is 0 Å². The Morgan fingerprint density at radius 2 is 2.23 bits per heavy atom. The number of aliphatic imine (C=N–C) groups is 1. The Hall–Kier alpha value is -2.23. The molecule has 1 unspecified atom stereocenters. The quantitative estimate of drug-likeness (QED) is 0.577. The van der Waals surface area contributed by atoms with E-state index in [1.165, 1.54) is 0 Å². The van der Waals surface area contributed by atoms with E-state index >= 15 is 0 Å². The molecule has 31 heavy (non-hydrogen) atoms. The van der Waals surface area contributed by atoms with Gasteiger partial charge in [0, 0.05) is 42.6 Å². The molecule has 0 aromatic carbocycles. The molecule has 4 N–H and O–H groups in total. The number of nitrogens with two attached hydrogens (primary N) is 1. The van der Waals surface area contributed by atoms with Gasteiger partial charge in [0.1, 0.15) is 23.5 Å². The molecule has 11 heteroatoms. The highest BCUT2D eigenvalue weighted by atomic mass is 35.5. The lowest BCUT2D eigenvalue weighted by Crippen LogP contribution is -2.40. The third kappa shape index (κ3) is 4.68.